The van der Waals surface area contributed by atoms with Crippen LogP contribution in [-0.4, -0.2) is 6.10 Å². The van der Waals surface area contributed by atoms with Crippen molar-refractivity contribution in [1.29, 1.82) is 0 Å². The second kappa shape index (κ2) is 4.66. The van der Waals surface area contributed by atoms with Crippen molar-refractivity contribution >= 4 is 0 Å². The van der Waals surface area contributed by atoms with E-state index in [9.17, 15) is 0 Å². The molecule has 90 valence electrons. The van der Waals surface area contributed by atoms with Gasteiger partial charge in [-0.1, -0.05) is 49.2 Å². The van der Waals surface area contributed by atoms with E-state index in [2.05, 4.69) is 43.3 Å². The van der Waals surface area contributed by atoms with Gasteiger partial charge in [0.2, 0.25) is 0 Å². The number of rotatable bonds is 1. The first-order chi connectivity index (χ1) is 8.40. The molecule has 1 aromatic rings. The van der Waals surface area contributed by atoms with E-state index in [1.807, 2.05) is 0 Å². The lowest BCUT2D eigenvalue weighted by Crippen LogP contribution is -2.20. The number of hydrogen-bond acceptors (Lipinski definition) is 1. The van der Waals surface area contributed by atoms with Crippen LogP contribution in [0.25, 0.3) is 0 Å². The Kier molecular flexibility index (Phi) is 3.02. The van der Waals surface area contributed by atoms with Crippen molar-refractivity contribution < 1.29 is 4.74 Å². The molecule has 17 heavy (non-hydrogen) atoms. The van der Waals surface area contributed by atoms with E-state index >= 15 is 0 Å². The fraction of sp³-hybridized carbons (Fsp3) is 0.500. The molecule has 0 aromatic heterocycles. The monoisotopic (exact) mass is 228 g/mol. The number of hydrogen-bond donors (Lipinski definition) is 0. The molecule has 0 unspecified atom stereocenters. The molecule has 2 aliphatic rings. The fourth-order valence-corrected chi connectivity index (χ4v) is 3.35. The smallest absolute Gasteiger partial charge is 0.104 e. The molecule has 1 aromatic carbocycles. The van der Waals surface area contributed by atoms with Crippen LogP contribution in [0, 0.1) is 5.92 Å². The molecule has 1 aliphatic heterocycles. The first-order valence-electron chi connectivity index (χ1n) is 6.76. The number of ether oxygens (including phenoxy) is 1. The Morgan fingerprint density at radius 3 is 2.65 bits per heavy atom. The summed E-state index contributed by atoms with van der Waals surface area (Å²) < 4.78 is 6.29. The normalized spacial score (nSPS) is 34.9. The van der Waals surface area contributed by atoms with Gasteiger partial charge in [-0.3, -0.25) is 0 Å². The van der Waals surface area contributed by atoms with E-state index in [4.69, 9.17) is 4.74 Å². The maximum atomic E-state index is 6.29. The van der Waals surface area contributed by atoms with Crippen LogP contribution >= 0.6 is 0 Å². The van der Waals surface area contributed by atoms with E-state index in [1.54, 1.807) is 0 Å². The SMILES string of the molecule is C/C=C1\[C@H]2CCCC[C@@H]2O[C@@H]1c1ccccc1. The Balaban J connectivity index is 1.91. The van der Waals surface area contributed by atoms with Gasteiger partial charge in [0.15, 0.2) is 0 Å². The molecular weight excluding hydrogens is 208 g/mol. The predicted molar refractivity (Wildman–Crippen MR) is 69.8 cm³/mol. The zero-order valence-corrected chi connectivity index (χ0v) is 10.4. The third-order valence-corrected chi connectivity index (χ3v) is 4.18. The number of allylic oxidation sites excluding steroid dienone is 1. The summed E-state index contributed by atoms with van der Waals surface area (Å²) in [5, 5.41) is 0. The average molecular weight is 228 g/mol. The van der Waals surface area contributed by atoms with Gasteiger partial charge in [-0.2, -0.15) is 0 Å². The second-order valence-corrected chi connectivity index (χ2v) is 5.14. The highest BCUT2D eigenvalue weighted by Crippen LogP contribution is 2.47. The molecule has 3 rings (SSSR count). The maximum absolute atomic E-state index is 6.29. The van der Waals surface area contributed by atoms with Gasteiger partial charge in [-0.25, -0.2) is 0 Å². The maximum Gasteiger partial charge on any atom is 0.104 e. The van der Waals surface area contributed by atoms with Crippen LogP contribution in [0.1, 0.15) is 44.3 Å². The van der Waals surface area contributed by atoms with Gasteiger partial charge in [-0.05, 0) is 30.9 Å². The Morgan fingerprint density at radius 2 is 1.88 bits per heavy atom. The first-order valence-corrected chi connectivity index (χ1v) is 6.76. The third-order valence-electron chi connectivity index (χ3n) is 4.18. The Bertz CT molecular complexity index is 407. The highest BCUT2D eigenvalue weighted by Gasteiger charge is 2.40. The molecule has 1 heteroatoms. The van der Waals surface area contributed by atoms with Crippen LogP contribution in [0.2, 0.25) is 0 Å². The van der Waals surface area contributed by atoms with E-state index in [1.165, 1.54) is 36.8 Å². The summed E-state index contributed by atoms with van der Waals surface area (Å²) in [6, 6.07) is 10.7. The molecule has 1 saturated heterocycles. The Labute approximate surface area is 103 Å². The van der Waals surface area contributed by atoms with Crippen molar-refractivity contribution in [2.75, 3.05) is 0 Å². The van der Waals surface area contributed by atoms with Gasteiger partial charge in [0.1, 0.15) is 6.10 Å². The first kappa shape index (κ1) is 11.0. The lowest BCUT2D eigenvalue weighted by Gasteiger charge is -2.23. The van der Waals surface area contributed by atoms with E-state index in [-0.39, 0.29) is 6.10 Å². The lowest BCUT2D eigenvalue weighted by molar-refractivity contribution is 0.0202. The van der Waals surface area contributed by atoms with Crippen molar-refractivity contribution in [1.82, 2.24) is 0 Å². The fourth-order valence-electron chi connectivity index (χ4n) is 3.35. The molecule has 0 spiro atoms. The van der Waals surface area contributed by atoms with E-state index in [0.29, 0.717) is 12.0 Å². The summed E-state index contributed by atoms with van der Waals surface area (Å²) >= 11 is 0. The molecule has 1 nitrogen and oxygen atoms in total. The van der Waals surface area contributed by atoms with Crippen LogP contribution in [0.15, 0.2) is 42.0 Å². The number of fused-ring (bicyclic) bond motifs is 1. The average Bonchev–Trinajstić information content (AvgIpc) is 2.78. The topological polar surface area (TPSA) is 9.23 Å². The molecular formula is C16H20O. The highest BCUT2D eigenvalue weighted by atomic mass is 16.5. The van der Waals surface area contributed by atoms with Gasteiger partial charge in [0.05, 0.1) is 6.10 Å². The predicted octanol–water partition coefficient (Wildman–Crippen LogP) is 4.26. The van der Waals surface area contributed by atoms with Crippen molar-refractivity contribution in [2.45, 2.75) is 44.8 Å². The molecule has 1 aliphatic carbocycles. The van der Waals surface area contributed by atoms with Crippen molar-refractivity contribution in [2.24, 2.45) is 5.92 Å². The van der Waals surface area contributed by atoms with Gasteiger partial charge in [0.25, 0.3) is 0 Å². The van der Waals surface area contributed by atoms with Gasteiger partial charge >= 0.3 is 0 Å². The standard InChI is InChI=1S/C16H20O/c1-2-13-14-10-6-7-11-15(14)17-16(13)12-8-4-3-5-9-12/h2-5,8-9,14-16H,6-7,10-11H2,1H3/b13-2+/t14-,15+,16-/m1/s1. The minimum Gasteiger partial charge on any atom is -0.365 e. The van der Waals surface area contributed by atoms with Gasteiger partial charge in [-0.15, -0.1) is 0 Å². The highest BCUT2D eigenvalue weighted by molar-refractivity contribution is 5.31. The van der Waals surface area contributed by atoms with E-state index < -0.39 is 0 Å². The van der Waals surface area contributed by atoms with E-state index in [0.717, 1.165) is 0 Å². The van der Waals surface area contributed by atoms with Crippen molar-refractivity contribution in [3.63, 3.8) is 0 Å². The van der Waals surface area contributed by atoms with Crippen LogP contribution in [-0.2, 0) is 4.74 Å². The summed E-state index contributed by atoms with van der Waals surface area (Å²) in [7, 11) is 0. The molecule has 2 fully saturated rings. The van der Waals surface area contributed by atoms with Crippen LogP contribution in [0.3, 0.4) is 0 Å². The summed E-state index contributed by atoms with van der Waals surface area (Å²) in [4.78, 5) is 0. The summed E-state index contributed by atoms with van der Waals surface area (Å²) in [5.41, 5.74) is 2.83. The molecule has 1 saturated carbocycles. The summed E-state index contributed by atoms with van der Waals surface area (Å²) in [5.74, 6) is 0.680. The minimum atomic E-state index is 0.217. The van der Waals surface area contributed by atoms with Crippen LogP contribution in [0.5, 0.6) is 0 Å². The van der Waals surface area contributed by atoms with Gasteiger partial charge in [0, 0.05) is 5.92 Å². The van der Waals surface area contributed by atoms with Crippen molar-refractivity contribution in [3.8, 4) is 0 Å². The lowest BCUT2D eigenvalue weighted by atomic mass is 9.81. The van der Waals surface area contributed by atoms with Crippen molar-refractivity contribution in [3.05, 3.63) is 47.5 Å². The van der Waals surface area contributed by atoms with Gasteiger partial charge < -0.3 is 4.74 Å². The molecule has 0 amide bonds. The minimum absolute atomic E-state index is 0.217. The number of benzene rings is 1. The largest absolute Gasteiger partial charge is 0.365 e. The molecule has 0 bridgehead atoms. The van der Waals surface area contributed by atoms with Crippen LogP contribution < -0.4 is 0 Å². The summed E-state index contributed by atoms with van der Waals surface area (Å²) in [6.07, 6.45) is 8.23. The second-order valence-electron chi connectivity index (χ2n) is 5.14. The zero-order chi connectivity index (χ0) is 11.7. The zero-order valence-electron chi connectivity index (χ0n) is 10.4. The Hall–Kier alpha value is -1.08. The summed E-state index contributed by atoms with van der Waals surface area (Å²) in [6.45, 7) is 2.16. The van der Waals surface area contributed by atoms with Crippen LogP contribution in [0.4, 0.5) is 0 Å². The quantitative estimate of drug-likeness (QED) is 0.652. The molecule has 1 heterocycles. The molecule has 0 N–H and O–H groups in total. The third kappa shape index (κ3) is 1.93. The molecule has 0 radical (unpaired) electrons. The molecule has 3 atom stereocenters. The Morgan fingerprint density at radius 1 is 1.12 bits per heavy atom.